The molecule has 0 spiro atoms. The lowest BCUT2D eigenvalue weighted by molar-refractivity contribution is 0.0989. The van der Waals surface area contributed by atoms with Gasteiger partial charge in [0.1, 0.15) is 4.32 Å². The number of hydrogen-bond acceptors (Lipinski definition) is 3. The van der Waals surface area contributed by atoms with Crippen molar-refractivity contribution in [2.75, 3.05) is 13.1 Å². The molecule has 0 saturated carbocycles. The van der Waals surface area contributed by atoms with Gasteiger partial charge in [0, 0.05) is 18.7 Å². The van der Waals surface area contributed by atoms with Crippen LogP contribution in [0.5, 0.6) is 0 Å². The average Bonchev–Trinajstić information content (AvgIpc) is 2.61. The summed E-state index contributed by atoms with van der Waals surface area (Å²) < 4.78 is 0.771. The highest BCUT2D eigenvalue weighted by atomic mass is 32.2. The summed E-state index contributed by atoms with van der Waals surface area (Å²) in [5.74, 6) is 0.0938. The van der Waals surface area contributed by atoms with Crippen LogP contribution < -0.4 is 0 Å². The Labute approximate surface area is 147 Å². The van der Waals surface area contributed by atoms with Crippen molar-refractivity contribution in [3.05, 3.63) is 71.8 Å². The third kappa shape index (κ3) is 4.66. The SMILES string of the molecule is CCN(CC)C(=S)S[C@H](C(=O)c1ccccc1)c1ccccc1. The van der Waals surface area contributed by atoms with Gasteiger partial charge in [-0.1, -0.05) is 84.6 Å². The summed E-state index contributed by atoms with van der Waals surface area (Å²) in [6.07, 6.45) is 0. The monoisotopic (exact) mass is 343 g/mol. The molecule has 2 aromatic carbocycles. The molecule has 0 aliphatic heterocycles. The van der Waals surface area contributed by atoms with E-state index in [0.717, 1.165) is 28.5 Å². The second kappa shape index (κ2) is 8.85. The minimum absolute atomic E-state index is 0.0938. The summed E-state index contributed by atoms with van der Waals surface area (Å²) in [5.41, 5.74) is 1.71. The van der Waals surface area contributed by atoms with Crippen LogP contribution in [0.4, 0.5) is 0 Å². The molecule has 0 aromatic heterocycles. The minimum atomic E-state index is -0.313. The molecule has 0 unspecified atom stereocenters. The largest absolute Gasteiger partial charge is 0.358 e. The molecule has 0 fully saturated rings. The molecule has 0 heterocycles. The van der Waals surface area contributed by atoms with Crippen LogP contribution in [0.15, 0.2) is 60.7 Å². The molecular formula is C19H21NOS2. The number of rotatable bonds is 6. The predicted octanol–water partition coefficient (Wildman–Crippen LogP) is 4.97. The van der Waals surface area contributed by atoms with Gasteiger partial charge >= 0.3 is 0 Å². The Kier molecular flexibility index (Phi) is 6.81. The second-order valence-electron chi connectivity index (χ2n) is 5.08. The molecule has 0 aliphatic carbocycles. The van der Waals surface area contributed by atoms with E-state index in [0.29, 0.717) is 0 Å². The Morgan fingerprint density at radius 2 is 1.52 bits per heavy atom. The van der Waals surface area contributed by atoms with Crippen LogP contribution in [-0.2, 0) is 0 Å². The van der Waals surface area contributed by atoms with Crippen LogP contribution in [-0.4, -0.2) is 28.1 Å². The van der Waals surface area contributed by atoms with Crippen LogP contribution in [0.3, 0.4) is 0 Å². The lowest BCUT2D eigenvalue weighted by Crippen LogP contribution is -2.28. The van der Waals surface area contributed by atoms with Gasteiger partial charge in [0.05, 0.1) is 5.25 Å². The topological polar surface area (TPSA) is 20.3 Å². The van der Waals surface area contributed by atoms with Crippen LogP contribution >= 0.6 is 24.0 Å². The average molecular weight is 344 g/mol. The first-order valence-electron chi connectivity index (χ1n) is 7.77. The van der Waals surface area contributed by atoms with Crippen LogP contribution in [0, 0.1) is 0 Å². The van der Waals surface area contributed by atoms with Crippen LogP contribution in [0.2, 0.25) is 0 Å². The molecule has 1 atom stereocenters. The van der Waals surface area contributed by atoms with Gasteiger partial charge in [-0.05, 0) is 19.4 Å². The summed E-state index contributed by atoms with van der Waals surface area (Å²) in [5, 5.41) is -0.313. The van der Waals surface area contributed by atoms with E-state index in [9.17, 15) is 4.79 Å². The van der Waals surface area contributed by atoms with Crippen LogP contribution in [0.1, 0.15) is 35.0 Å². The number of hydrogen-bond donors (Lipinski definition) is 0. The van der Waals surface area contributed by atoms with Gasteiger partial charge in [-0.25, -0.2) is 0 Å². The molecule has 0 saturated heterocycles. The number of nitrogens with zero attached hydrogens (tertiary/aromatic N) is 1. The van der Waals surface area contributed by atoms with E-state index in [2.05, 4.69) is 18.7 Å². The van der Waals surface area contributed by atoms with Crippen molar-refractivity contribution in [3.63, 3.8) is 0 Å². The summed E-state index contributed by atoms with van der Waals surface area (Å²) in [7, 11) is 0. The lowest BCUT2D eigenvalue weighted by atomic mass is 10.0. The maximum Gasteiger partial charge on any atom is 0.180 e. The molecule has 120 valence electrons. The number of thioether (sulfide) groups is 1. The Morgan fingerprint density at radius 1 is 1.00 bits per heavy atom. The first-order chi connectivity index (χ1) is 11.2. The van der Waals surface area contributed by atoms with E-state index >= 15 is 0 Å². The summed E-state index contributed by atoms with van der Waals surface area (Å²) in [6.45, 7) is 5.85. The second-order valence-corrected chi connectivity index (χ2v) is 6.82. The highest BCUT2D eigenvalue weighted by molar-refractivity contribution is 8.23. The Morgan fingerprint density at radius 3 is 2.04 bits per heavy atom. The lowest BCUT2D eigenvalue weighted by Gasteiger charge is -2.24. The highest BCUT2D eigenvalue weighted by Gasteiger charge is 2.25. The highest BCUT2D eigenvalue weighted by Crippen LogP contribution is 2.34. The molecule has 0 N–H and O–H groups in total. The first-order valence-corrected chi connectivity index (χ1v) is 9.05. The minimum Gasteiger partial charge on any atom is -0.358 e. The van der Waals surface area contributed by atoms with Gasteiger partial charge in [0.25, 0.3) is 0 Å². The summed E-state index contributed by atoms with van der Waals surface area (Å²) in [4.78, 5) is 15.1. The number of ketones is 1. The van der Waals surface area contributed by atoms with Crippen molar-refractivity contribution in [2.45, 2.75) is 19.1 Å². The number of Topliss-reactive ketones (excluding diaryl/α,β-unsaturated/α-hetero) is 1. The number of carbonyl (C=O) groups excluding carboxylic acids is 1. The molecule has 0 bridgehead atoms. The third-order valence-corrected chi connectivity index (χ3v) is 5.37. The summed E-state index contributed by atoms with van der Waals surface area (Å²) in [6, 6.07) is 19.3. The standard InChI is InChI=1S/C19H21NOS2/c1-3-20(4-2)19(22)23-18(16-13-9-6-10-14-16)17(21)15-11-7-5-8-12-15/h5-14,18H,3-4H2,1-2H3/t18-/m0/s1. The number of benzene rings is 2. The van der Waals surface area contributed by atoms with Crippen molar-refractivity contribution < 1.29 is 4.79 Å². The number of carbonyl (C=O) groups is 1. The zero-order valence-corrected chi connectivity index (χ0v) is 15.1. The van der Waals surface area contributed by atoms with Gasteiger partial charge < -0.3 is 4.90 Å². The molecule has 0 radical (unpaired) electrons. The first kappa shape index (κ1) is 17.7. The molecule has 2 rings (SSSR count). The van der Waals surface area contributed by atoms with E-state index in [1.54, 1.807) is 0 Å². The quantitative estimate of drug-likeness (QED) is 0.545. The maximum atomic E-state index is 13.0. The van der Waals surface area contributed by atoms with Crippen molar-refractivity contribution in [3.8, 4) is 0 Å². The number of thiocarbonyl (C=S) groups is 1. The smallest absolute Gasteiger partial charge is 0.180 e. The fourth-order valence-electron chi connectivity index (χ4n) is 2.31. The fourth-order valence-corrected chi connectivity index (χ4v) is 4.00. The normalized spacial score (nSPS) is 11.7. The van der Waals surface area contributed by atoms with Crippen LogP contribution in [0.25, 0.3) is 0 Å². The Balaban J connectivity index is 2.30. The summed E-state index contributed by atoms with van der Waals surface area (Å²) >= 11 is 7.02. The Bertz CT molecular complexity index is 639. The Hall–Kier alpha value is -1.65. The van der Waals surface area contributed by atoms with E-state index < -0.39 is 0 Å². The molecule has 2 aromatic rings. The molecule has 2 nitrogen and oxygen atoms in total. The molecule has 0 aliphatic rings. The van der Waals surface area contributed by atoms with Gasteiger partial charge in [-0.3, -0.25) is 4.79 Å². The third-order valence-electron chi connectivity index (χ3n) is 3.64. The van der Waals surface area contributed by atoms with Crippen molar-refractivity contribution in [1.29, 1.82) is 0 Å². The van der Waals surface area contributed by atoms with Gasteiger partial charge in [0.2, 0.25) is 0 Å². The maximum absolute atomic E-state index is 13.0. The predicted molar refractivity (Wildman–Crippen MR) is 103 cm³/mol. The fraction of sp³-hybridized carbons (Fsp3) is 0.263. The zero-order chi connectivity index (χ0) is 16.7. The van der Waals surface area contributed by atoms with E-state index in [1.165, 1.54) is 11.8 Å². The molecule has 0 amide bonds. The van der Waals surface area contributed by atoms with E-state index in [4.69, 9.17) is 12.2 Å². The zero-order valence-electron chi connectivity index (χ0n) is 13.4. The molecule has 4 heteroatoms. The van der Waals surface area contributed by atoms with Gasteiger partial charge in [-0.15, -0.1) is 0 Å². The van der Waals surface area contributed by atoms with Crippen molar-refractivity contribution in [1.82, 2.24) is 4.90 Å². The molecular weight excluding hydrogens is 322 g/mol. The van der Waals surface area contributed by atoms with E-state index in [-0.39, 0.29) is 11.0 Å². The van der Waals surface area contributed by atoms with Crippen molar-refractivity contribution >= 4 is 34.1 Å². The van der Waals surface area contributed by atoms with E-state index in [1.807, 2.05) is 60.7 Å². The van der Waals surface area contributed by atoms with Gasteiger partial charge in [-0.2, -0.15) is 0 Å². The molecule has 23 heavy (non-hydrogen) atoms. The van der Waals surface area contributed by atoms with Crippen molar-refractivity contribution in [2.24, 2.45) is 0 Å². The van der Waals surface area contributed by atoms with Gasteiger partial charge in [0.15, 0.2) is 5.78 Å².